The molecule has 4 rings (SSSR count). The van der Waals surface area contributed by atoms with Gasteiger partial charge >= 0.3 is 11.9 Å². The number of non-ortho nitro benzene ring substituents is 1. The Kier molecular flexibility index (Phi) is 4.70. The standard InChI is InChI=1S/C21H20N2O9/c1-10-5-6-13(23(28)29)9-14(10)22-17(26)15-16(18(22)27)21(8-7-20(15,4)32-21)19(30-11(2)24)31-12(3)25/h5-9,15-16,19H,1-4H3/t15-,16-,20+,21-/m0/s1. The predicted molar refractivity (Wildman–Crippen MR) is 106 cm³/mol. The van der Waals surface area contributed by atoms with Crippen LogP contribution in [0.3, 0.4) is 0 Å². The Bertz CT molecular complexity index is 1100. The molecule has 0 aliphatic carbocycles. The molecule has 2 amide bonds. The number of nitrogens with zero attached hydrogens (tertiary/aromatic N) is 2. The second-order valence-electron chi connectivity index (χ2n) is 8.22. The zero-order chi connectivity index (χ0) is 23.6. The van der Waals surface area contributed by atoms with Crippen molar-refractivity contribution in [3.05, 3.63) is 46.0 Å². The first-order valence-corrected chi connectivity index (χ1v) is 9.79. The summed E-state index contributed by atoms with van der Waals surface area (Å²) in [6.07, 6.45) is 1.44. The van der Waals surface area contributed by atoms with Gasteiger partial charge in [0.1, 0.15) is 0 Å². The number of imide groups is 1. The Hall–Kier alpha value is -3.60. The molecule has 2 saturated heterocycles. The number of aryl methyl sites for hydroxylation is 1. The Morgan fingerprint density at radius 1 is 1.12 bits per heavy atom. The fourth-order valence-electron chi connectivity index (χ4n) is 4.75. The molecular weight excluding hydrogens is 424 g/mol. The minimum atomic E-state index is -1.72. The average molecular weight is 444 g/mol. The maximum Gasteiger partial charge on any atom is 0.305 e. The molecule has 1 aromatic rings. The number of anilines is 1. The first kappa shape index (κ1) is 21.6. The van der Waals surface area contributed by atoms with Crippen molar-refractivity contribution in [2.75, 3.05) is 4.90 Å². The van der Waals surface area contributed by atoms with Crippen molar-refractivity contribution in [2.24, 2.45) is 11.8 Å². The van der Waals surface area contributed by atoms with Gasteiger partial charge in [-0.1, -0.05) is 12.1 Å². The Morgan fingerprint density at radius 2 is 1.72 bits per heavy atom. The summed E-state index contributed by atoms with van der Waals surface area (Å²) >= 11 is 0. The minimum Gasteiger partial charge on any atom is -0.422 e. The van der Waals surface area contributed by atoms with Gasteiger partial charge in [0.15, 0.2) is 5.60 Å². The number of fused-ring (bicyclic) bond motifs is 5. The zero-order valence-corrected chi connectivity index (χ0v) is 17.7. The van der Waals surface area contributed by atoms with E-state index in [0.29, 0.717) is 5.56 Å². The summed E-state index contributed by atoms with van der Waals surface area (Å²) in [5.41, 5.74) is -2.67. The normalized spacial score (nSPS) is 30.1. The number of amides is 2. The third kappa shape index (κ3) is 2.92. The van der Waals surface area contributed by atoms with Crippen LogP contribution in [0.2, 0.25) is 0 Å². The smallest absolute Gasteiger partial charge is 0.305 e. The van der Waals surface area contributed by atoms with Crippen molar-refractivity contribution >= 4 is 35.1 Å². The number of carbonyl (C=O) groups is 4. The van der Waals surface area contributed by atoms with Crippen molar-refractivity contribution in [1.82, 2.24) is 0 Å². The summed E-state index contributed by atoms with van der Waals surface area (Å²) in [6.45, 7) is 5.44. The summed E-state index contributed by atoms with van der Waals surface area (Å²) in [5, 5.41) is 11.2. The second-order valence-corrected chi connectivity index (χ2v) is 8.22. The number of esters is 2. The van der Waals surface area contributed by atoms with Crippen LogP contribution in [0.1, 0.15) is 26.3 Å². The molecule has 0 N–H and O–H groups in total. The van der Waals surface area contributed by atoms with E-state index in [-0.39, 0.29) is 11.4 Å². The molecule has 11 heteroatoms. The van der Waals surface area contributed by atoms with Gasteiger partial charge in [-0.05, 0) is 25.5 Å². The van der Waals surface area contributed by atoms with Gasteiger partial charge < -0.3 is 14.2 Å². The number of nitro benzene ring substituents is 1. The van der Waals surface area contributed by atoms with Gasteiger partial charge in [0.2, 0.25) is 11.8 Å². The lowest BCUT2D eigenvalue weighted by Gasteiger charge is -2.34. The van der Waals surface area contributed by atoms with E-state index in [4.69, 9.17) is 14.2 Å². The van der Waals surface area contributed by atoms with Crippen molar-refractivity contribution in [2.45, 2.75) is 45.2 Å². The van der Waals surface area contributed by atoms with Crippen LogP contribution in [0.4, 0.5) is 11.4 Å². The molecule has 0 spiro atoms. The van der Waals surface area contributed by atoms with E-state index in [9.17, 15) is 29.3 Å². The molecule has 2 bridgehead atoms. The Morgan fingerprint density at radius 3 is 2.28 bits per heavy atom. The van der Waals surface area contributed by atoms with Gasteiger partial charge in [0, 0.05) is 26.0 Å². The van der Waals surface area contributed by atoms with Crippen molar-refractivity contribution in [3.8, 4) is 0 Å². The van der Waals surface area contributed by atoms with Crippen molar-refractivity contribution in [3.63, 3.8) is 0 Å². The van der Waals surface area contributed by atoms with Crippen LogP contribution in [0.15, 0.2) is 30.4 Å². The van der Waals surface area contributed by atoms with Gasteiger partial charge in [-0.2, -0.15) is 0 Å². The first-order valence-electron chi connectivity index (χ1n) is 9.79. The molecule has 32 heavy (non-hydrogen) atoms. The van der Waals surface area contributed by atoms with Crippen LogP contribution in [-0.4, -0.2) is 46.2 Å². The number of benzene rings is 1. The number of rotatable bonds is 5. The number of nitro groups is 1. The molecule has 4 atom stereocenters. The molecule has 2 fully saturated rings. The highest BCUT2D eigenvalue weighted by molar-refractivity contribution is 6.24. The lowest BCUT2D eigenvalue weighted by molar-refractivity contribution is -0.384. The maximum absolute atomic E-state index is 13.6. The van der Waals surface area contributed by atoms with E-state index in [0.717, 1.165) is 24.8 Å². The highest BCUT2D eigenvalue weighted by Crippen LogP contribution is 2.59. The van der Waals surface area contributed by atoms with Gasteiger partial charge in [-0.3, -0.25) is 29.3 Å². The van der Waals surface area contributed by atoms with Crippen LogP contribution < -0.4 is 4.90 Å². The predicted octanol–water partition coefficient (Wildman–Crippen LogP) is 1.56. The number of carbonyl (C=O) groups excluding carboxylic acids is 4. The average Bonchev–Trinajstić information content (AvgIpc) is 3.27. The molecular formula is C21H20N2O9. The van der Waals surface area contributed by atoms with E-state index in [1.54, 1.807) is 19.9 Å². The fraction of sp³-hybridized carbons (Fsp3) is 0.429. The van der Waals surface area contributed by atoms with Crippen LogP contribution >= 0.6 is 0 Å². The summed E-state index contributed by atoms with van der Waals surface area (Å²) < 4.78 is 16.4. The van der Waals surface area contributed by atoms with Crippen molar-refractivity contribution in [1.29, 1.82) is 0 Å². The molecule has 11 nitrogen and oxygen atoms in total. The summed E-state index contributed by atoms with van der Waals surface area (Å²) in [4.78, 5) is 61.9. The number of hydrogen-bond donors (Lipinski definition) is 0. The summed E-state index contributed by atoms with van der Waals surface area (Å²) in [6, 6.07) is 3.88. The third-order valence-corrected chi connectivity index (χ3v) is 6.04. The number of hydrogen-bond acceptors (Lipinski definition) is 9. The molecule has 168 valence electrons. The van der Waals surface area contributed by atoms with E-state index in [1.807, 2.05) is 0 Å². The van der Waals surface area contributed by atoms with Crippen LogP contribution in [0.25, 0.3) is 0 Å². The van der Waals surface area contributed by atoms with Gasteiger partial charge in [0.25, 0.3) is 12.0 Å². The van der Waals surface area contributed by atoms with E-state index in [2.05, 4.69) is 0 Å². The number of ether oxygens (including phenoxy) is 3. The summed E-state index contributed by atoms with van der Waals surface area (Å²) in [7, 11) is 0. The van der Waals surface area contributed by atoms with Gasteiger partial charge in [-0.25, -0.2) is 4.90 Å². The zero-order valence-electron chi connectivity index (χ0n) is 17.7. The second kappa shape index (κ2) is 6.95. The van der Waals surface area contributed by atoms with Gasteiger partial charge in [0.05, 0.1) is 28.0 Å². The van der Waals surface area contributed by atoms with E-state index >= 15 is 0 Å². The highest BCUT2D eigenvalue weighted by atomic mass is 16.7. The van der Waals surface area contributed by atoms with Crippen LogP contribution in [0, 0.1) is 28.9 Å². The summed E-state index contributed by atoms with van der Waals surface area (Å²) in [5.74, 6) is -5.03. The molecule has 0 saturated carbocycles. The lowest BCUT2D eigenvalue weighted by atomic mass is 9.72. The lowest BCUT2D eigenvalue weighted by Crippen LogP contribution is -2.52. The topological polar surface area (TPSA) is 142 Å². The molecule has 0 radical (unpaired) electrons. The van der Waals surface area contributed by atoms with E-state index in [1.165, 1.54) is 18.2 Å². The largest absolute Gasteiger partial charge is 0.422 e. The quantitative estimate of drug-likeness (QED) is 0.165. The minimum absolute atomic E-state index is 0.0817. The monoisotopic (exact) mass is 444 g/mol. The van der Waals surface area contributed by atoms with Crippen LogP contribution in [0.5, 0.6) is 0 Å². The Balaban J connectivity index is 1.82. The van der Waals surface area contributed by atoms with Crippen molar-refractivity contribution < 1.29 is 38.3 Å². The van der Waals surface area contributed by atoms with Crippen LogP contribution in [-0.2, 0) is 33.4 Å². The molecule has 0 aromatic heterocycles. The van der Waals surface area contributed by atoms with Gasteiger partial charge in [-0.15, -0.1) is 0 Å². The first-order chi connectivity index (χ1) is 14.9. The SMILES string of the molecule is CC(=O)OC(OC(C)=O)[C@@]12C=C[C@@](C)(O1)[C@@H]1C(=O)N(c3cc([N+](=O)[O-])ccc3C)C(=O)[C@H]12. The molecule has 3 aliphatic rings. The molecule has 0 unspecified atom stereocenters. The maximum atomic E-state index is 13.6. The highest BCUT2D eigenvalue weighted by Gasteiger charge is 2.76. The molecule has 3 heterocycles. The molecule has 3 aliphatic heterocycles. The fourth-order valence-corrected chi connectivity index (χ4v) is 4.75. The molecule has 1 aromatic carbocycles. The third-order valence-electron chi connectivity index (χ3n) is 6.04. The Labute approximate surface area is 182 Å². The van der Waals surface area contributed by atoms with E-state index < -0.39 is 58.0 Å².